The summed E-state index contributed by atoms with van der Waals surface area (Å²) in [7, 11) is 0. The van der Waals surface area contributed by atoms with Crippen molar-refractivity contribution in [3.8, 4) is 0 Å². The predicted molar refractivity (Wildman–Crippen MR) is 63.5 cm³/mol. The summed E-state index contributed by atoms with van der Waals surface area (Å²) in [5, 5.41) is 12.6. The van der Waals surface area contributed by atoms with Crippen LogP contribution in [-0.2, 0) is 9.47 Å². The van der Waals surface area contributed by atoms with Crippen LogP contribution >= 0.6 is 0 Å². The Morgan fingerprint density at radius 1 is 1.38 bits per heavy atom. The van der Waals surface area contributed by atoms with Crippen molar-refractivity contribution in [2.24, 2.45) is 5.92 Å². The Hall–Kier alpha value is -0.160. The van der Waals surface area contributed by atoms with Crippen LogP contribution in [0, 0.1) is 5.92 Å². The lowest BCUT2D eigenvalue weighted by atomic mass is 10.3. The molecule has 0 saturated heterocycles. The first-order valence-corrected chi connectivity index (χ1v) is 6.37. The van der Waals surface area contributed by atoms with E-state index in [0.717, 1.165) is 32.1 Å². The fourth-order valence-electron chi connectivity index (χ4n) is 1.42. The van der Waals surface area contributed by atoms with Crippen molar-refractivity contribution in [3.63, 3.8) is 0 Å². The van der Waals surface area contributed by atoms with Crippen LogP contribution in [0.3, 0.4) is 0 Å². The van der Waals surface area contributed by atoms with Gasteiger partial charge in [-0.2, -0.15) is 0 Å². The third-order valence-corrected chi connectivity index (χ3v) is 2.59. The normalized spacial score (nSPS) is 17.6. The second-order valence-electron chi connectivity index (χ2n) is 4.39. The van der Waals surface area contributed by atoms with Crippen LogP contribution < -0.4 is 5.32 Å². The Bertz CT molecular complexity index is 162. The van der Waals surface area contributed by atoms with Gasteiger partial charge < -0.3 is 19.9 Å². The van der Waals surface area contributed by atoms with Crippen LogP contribution in [0.25, 0.3) is 0 Å². The minimum Gasteiger partial charge on any atom is -0.389 e. The Morgan fingerprint density at radius 2 is 2.19 bits per heavy atom. The largest absolute Gasteiger partial charge is 0.389 e. The summed E-state index contributed by atoms with van der Waals surface area (Å²) < 4.78 is 10.6. The molecule has 4 nitrogen and oxygen atoms in total. The van der Waals surface area contributed by atoms with Crippen LogP contribution in [0.2, 0.25) is 0 Å². The number of rotatable bonds is 11. The van der Waals surface area contributed by atoms with Gasteiger partial charge in [0.25, 0.3) is 0 Å². The monoisotopic (exact) mass is 231 g/mol. The highest BCUT2D eigenvalue weighted by Crippen LogP contribution is 2.28. The maximum Gasteiger partial charge on any atom is 0.0897 e. The average Bonchev–Trinajstić information content (AvgIpc) is 3.09. The molecule has 1 unspecified atom stereocenters. The smallest absolute Gasteiger partial charge is 0.0897 e. The maximum absolute atomic E-state index is 9.45. The molecule has 96 valence electrons. The van der Waals surface area contributed by atoms with Crippen LogP contribution in [-0.4, -0.2) is 50.7 Å². The number of ether oxygens (including phenoxy) is 2. The molecule has 0 amide bonds. The molecule has 0 aromatic heterocycles. The van der Waals surface area contributed by atoms with Crippen LogP contribution in [0.4, 0.5) is 0 Å². The van der Waals surface area contributed by atoms with E-state index in [9.17, 15) is 5.11 Å². The van der Waals surface area contributed by atoms with Crippen molar-refractivity contribution in [1.82, 2.24) is 5.32 Å². The first-order chi connectivity index (χ1) is 7.83. The van der Waals surface area contributed by atoms with Crippen molar-refractivity contribution in [2.45, 2.75) is 32.3 Å². The van der Waals surface area contributed by atoms with Crippen molar-refractivity contribution in [2.75, 3.05) is 39.5 Å². The molecule has 1 atom stereocenters. The fraction of sp³-hybridized carbons (Fsp3) is 1.00. The summed E-state index contributed by atoms with van der Waals surface area (Å²) in [6.07, 6.45) is 3.31. The van der Waals surface area contributed by atoms with E-state index in [1.54, 1.807) is 0 Å². The van der Waals surface area contributed by atoms with Gasteiger partial charge in [-0.15, -0.1) is 0 Å². The Morgan fingerprint density at radius 3 is 2.88 bits per heavy atom. The van der Waals surface area contributed by atoms with Gasteiger partial charge in [-0.1, -0.05) is 0 Å². The third kappa shape index (κ3) is 8.05. The molecule has 4 heteroatoms. The van der Waals surface area contributed by atoms with E-state index < -0.39 is 6.10 Å². The van der Waals surface area contributed by atoms with Gasteiger partial charge in [-0.25, -0.2) is 0 Å². The molecule has 16 heavy (non-hydrogen) atoms. The van der Waals surface area contributed by atoms with E-state index in [1.807, 2.05) is 6.92 Å². The second-order valence-corrected chi connectivity index (χ2v) is 4.39. The zero-order valence-electron chi connectivity index (χ0n) is 10.3. The van der Waals surface area contributed by atoms with Crippen LogP contribution in [0.1, 0.15) is 26.2 Å². The van der Waals surface area contributed by atoms with Crippen LogP contribution in [0.15, 0.2) is 0 Å². The van der Waals surface area contributed by atoms with Gasteiger partial charge in [0.1, 0.15) is 0 Å². The topological polar surface area (TPSA) is 50.7 Å². The summed E-state index contributed by atoms with van der Waals surface area (Å²) in [6, 6.07) is 0. The van der Waals surface area contributed by atoms with Gasteiger partial charge in [0.2, 0.25) is 0 Å². The first kappa shape index (κ1) is 13.9. The van der Waals surface area contributed by atoms with Gasteiger partial charge in [-0.3, -0.25) is 0 Å². The molecule has 1 aliphatic carbocycles. The van der Waals surface area contributed by atoms with E-state index in [-0.39, 0.29) is 0 Å². The number of hydrogen-bond acceptors (Lipinski definition) is 4. The Kier molecular flexibility index (Phi) is 7.76. The number of aliphatic hydroxyl groups is 1. The summed E-state index contributed by atoms with van der Waals surface area (Å²) >= 11 is 0. The zero-order chi connectivity index (χ0) is 11.6. The predicted octanol–water partition coefficient (Wildman–Crippen LogP) is 0.790. The van der Waals surface area contributed by atoms with Gasteiger partial charge >= 0.3 is 0 Å². The lowest BCUT2D eigenvalue weighted by Crippen LogP contribution is -2.31. The summed E-state index contributed by atoms with van der Waals surface area (Å²) in [5.41, 5.74) is 0. The minimum absolute atomic E-state index is 0.396. The molecule has 0 spiro atoms. The number of hydrogen-bond donors (Lipinski definition) is 2. The highest BCUT2D eigenvalue weighted by atomic mass is 16.5. The molecule has 1 rings (SSSR count). The molecule has 0 radical (unpaired) electrons. The van der Waals surface area contributed by atoms with Crippen LogP contribution in [0.5, 0.6) is 0 Å². The molecule has 0 aliphatic heterocycles. The molecule has 1 aliphatic rings. The molecule has 1 fully saturated rings. The standard InChI is InChI=1S/C12H25NO3/c1-2-15-10-12(14)8-13-6-3-7-16-9-11-4-5-11/h11-14H,2-10H2,1H3. The maximum atomic E-state index is 9.45. The SMILES string of the molecule is CCOCC(O)CNCCCOCC1CC1. The first-order valence-electron chi connectivity index (χ1n) is 6.37. The van der Waals surface area contributed by atoms with Crippen molar-refractivity contribution in [3.05, 3.63) is 0 Å². The highest BCUT2D eigenvalue weighted by molar-refractivity contribution is 4.71. The lowest BCUT2D eigenvalue weighted by molar-refractivity contribution is 0.0424. The summed E-state index contributed by atoms with van der Waals surface area (Å²) in [4.78, 5) is 0. The van der Waals surface area contributed by atoms with E-state index in [1.165, 1.54) is 12.8 Å². The Labute approximate surface area is 98.3 Å². The van der Waals surface area contributed by atoms with E-state index >= 15 is 0 Å². The van der Waals surface area contributed by atoms with Crippen molar-refractivity contribution < 1.29 is 14.6 Å². The minimum atomic E-state index is -0.396. The molecule has 0 aromatic rings. The van der Waals surface area contributed by atoms with Gasteiger partial charge in [0.05, 0.1) is 12.7 Å². The quantitative estimate of drug-likeness (QED) is 0.516. The number of nitrogens with one attached hydrogen (secondary N) is 1. The molecule has 2 N–H and O–H groups in total. The zero-order valence-corrected chi connectivity index (χ0v) is 10.3. The molecule has 0 aromatic carbocycles. The molecule has 0 heterocycles. The highest BCUT2D eigenvalue weighted by Gasteiger charge is 2.20. The van der Waals surface area contributed by atoms with Gasteiger partial charge in [-0.05, 0) is 38.6 Å². The molecule has 1 saturated carbocycles. The fourth-order valence-corrected chi connectivity index (χ4v) is 1.42. The van der Waals surface area contributed by atoms with E-state index in [4.69, 9.17) is 9.47 Å². The second kappa shape index (κ2) is 8.93. The number of aliphatic hydroxyl groups excluding tert-OH is 1. The summed E-state index contributed by atoms with van der Waals surface area (Å²) in [6.45, 7) is 6.26. The van der Waals surface area contributed by atoms with Gasteiger partial charge in [0.15, 0.2) is 0 Å². The van der Waals surface area contributed by atoms with Crippen molar-refractivity contribution in [1.29, 1.82) is 0 Å². The van der Waals surface area contributed by atoms with E-state index in [2.05, 4.69) is 5.32 Å². The Balaban J connectivity index is 1.72. The third-order valence-electron chi connectivity index (χ3n) is 2.59. The van der Waals surface area contributed by atoms with Crippen molar-refractivity contribution >= 4 is 0 Å². The molecule has 0 bridgehead atoms. The molecular weight excluding hydrogens is 206 g/mol. The lowest BCUT2D eigenvalue weighted by Gasteiger charge is -2.11. The summed E-state index contributed by atoms with van der Waals surface area (Å²) in [5.74, 6) is 0.848. The average molecular weight is 231 g/mol. The molecular formula is C12H25NO3. The van der Waals surface area contributed by atoms with E-state index in [0.29, 0.717) is 19.8 Å². The van der Waals surface area contributed by atoms with Gasteiger partial charge in [0, 0.05) is 26.4 Å².